The van der Waals surface area contributed by atoms with Crippen LogP contribution in [0.25, 0.3) is 11.3 Å². The highest BCUT2D eigenvalue weighted by molar-refractivity contribution is 6.48. The molecule has 0 aliphatic carbocycles. The van der Waals surface area contributed by atoms with E-state index in [0.29, 0.717) is 37.7 Å². The van der Waals surface area contributed by atoms with Gasteiger partial charge in [0.2, 0.25) is 0 Å². The Labute approximate surface area is 119 Å². The molecule has 6 heteroatoms. The SMILES string of the molecule is Nc1ccc(CO)nc1-c1cc(Cl)c(Cl)c(Cl)c1. The first kappa shape index (κ1) is 13.4. The number of nitrogen functional groups attached to an aromatic ring is 1. The lowest BCUT2D eigenvalue weighted by Gasteiger charge is -2.09. The van der Waals surface area contributed by atoms with Crippen LogP contribution in [0.3, 0.4) is 0 Å². The molecular weight excluding hydrogens is 295 g/mol. The number of rotatable bonds is 2. The lowest BCUT2D eigenvalue weighted by Crippen LogP contribution is -1.97. The van der Waals surface area contributed by atoms with E-state index in [0.717, 1.165) is 0 Å². The van der Waals surface area contributed by atoms with E-state index in [1.165, 1.54) is 0 Å². The van der Waals surface area contributed by atoms with Gasteiger partial charge in [-0.1, -0.05) is 34.8 Å². The van der Waals surface area contributed by atoms with Gasteiger partial charge >= 0.3 is 0 Å². The molecule has 1 heterocycles. The molecule has 1 aromatic heterocycles. The first-order valence-corrected chi connectivity index (χ1v) is 6.17. The molecule has 0 saturated heterocycles. The average Bonchev–Trinajstić information content (AvgIpc) is 2.36. The van der Waals surface area contributed by atoms with Crippen molar-refractivity contribution in [2.75, 3.05) is 5.73 Å². The van der Waals surface area contributed by atoms with Gasteiger partial charge in [-0.15, -0.1) is 0 Å². The third-order valence-electron chi connectivity index (χ3n) is 2.40. The summed E-state index contributed by atoms with van der Waals surface area (Å²) in [5, 5.41) is 10.0. The first-order valence-electron chi connectivity index (χ1n) is 5.04. The van der Waals surface area contributed by atoms with E-state index in [2.05, 4.69) is 4.98 Å². The van der Waals surface area contributed by atoms with Crippen LogP contribution in [0.15, 0.2) is 24.3 Å². The molecular formula is C12H9Cl3N2O. The van der Waals surface area contributed by atoms with Crippen molar-refractivity contribution in [3.05, 3.63) is 45.0 Å². The largest absolute Gasteiger partial charge is 0.397 e. The Morgan fingerprint density at radius 3 is 2.28 bits per heavy atom. The number of halogens is 3. The summed E-state index contributed by atoms with van der Waals surface area (Å²) in [6, 6.07) is 6.59. The van der Waals surface area contributed by atoms with Gasteiger partial charge in [0.25, 0.3) is 0 Å². The number of nitrogens with zero attached hydrogens (tertiary/aromatic N) is 1. The van der Waals surface area contributed by atoms with E-state index in [1.807, 2.05) is 0 Å². The smallest absolute Gasteiger partial charge is 0.0936 e. The van der Waals surface area contributed by atoms with Crippen molar-refractivity contribution in [1.29, 1.82) is 0 Å². The van der Waals surface area contributed by atoms with Gasteiger partial charge in [-0.25, -0.2) is 4.98 Å². The van der Waals surface area contributed by atoms with Crippen molar-refractivity contribution in [2.45, 2.75) is 6.61 Å². The van der Waals surface area contributed by atoms with E-state index in [4.69, 9.17) is 45.6 Å². The zero-order valence-electron chi connectivity index (χ0n) is 9.12. The summed E-state index contributed by atoms with van der Waals surface area (Å²) < 4.78 is 0. The number of anilines is 1. The zero-order valence-corrected chi connectivity index (χ0v) is 11.4. The van der Waals surface area contributed by atoms with Crippen molar-refractivity contribution in [1.82, 2.24) is 4.98 Å². The molecule has 0 amide bonds. The van der Waals surface area contributed by atoms with Gasteiger partial charge < -0.3 is 10.8 Å². The topological polar surface area (TPSA) is 59.1 Å². The van der Waals surface area contributed by atoms with Gasteiger partial charge in [0.05, 0.1) is 38.8 Å². The van der Waals surface area contributed by atoms with Crippen LogP contribution in [0, 0.1) is 0 Å². The number of pyridine rings is 1. The third kappa shape index (κ3) is 2.54. The Kier molecular flexibility index (Phi) is 3.97. The summed E-state index contributed by atoms with van der Waals surface area (Å²) in [6.07, 6.45) is 0. The normalized spacial score (nSPS) is 10.7. The van der Waals surface area contributed by atoms with Crippen LogP contribution in [0.5, 0.6) is 0 Å². The summed E-state index contributed by atoms with van der Waals surface area (Å²) in [4.78, 5) is 4.24. The number of aliphatic hydroxyl groups excluding tert-OH is 1. The fraction of sp³-hybridized carbons (Fsp3) is 0.0833. The lowest BCUT2D eigenvalue weighted by atomic mass is 10.1. The fourth-order valence-electron chi connectivity index (χ4n) is 1.52. The number of benzene rings is 1. The Bertz CT molecular complexity index is 579. The number of nitrogens with two attached hydrogens (primary N) is 1. The molecule has 0 saturated carbocycles. The zero-order chi connectivity index (χ0) is 13.3. The molecule has 0 bridgehead atoms. The molecule has 0 spiro atoms. The summed E-state index contributed by atoms with van der Waals surface area (Å²) in [5.41, 5.74) is 8.01. The van der Waals surface area contributed by atoms with E-state index >= 15 is 0 Å². The molecule has 2 rings (SSSR count). The van der Waals surface area contributed by atoms with Crippen LogP contribution in [0.1, 0.15) is 5.69 Å². The maximum atomic E-state index is 9.08. The van der Waals surface area contributed by atoms with Gasteiger partial charge in [-0.2, -0.15) is 0 Å². The molecule has 3 nitrogen and oxygen atoms in total. The minimum Gasteiger partial charge on any atom is -0.397 e. The van der Waals surface area contributed by atoms with Gasteiger partial charge in [0.15, 0.2) is 0 Å². The first-order chi connectivity index (χ1) is 8.52. The predicted molar refractivity (Wildman–Crippen MR) is 75.0 cm³/mol. The molecule has 0 aliphatic rings. The van der Waals surface area contributed by atoms with Crippen LogP contribution in [-0.4, -0.2) is 10.1 Å². The van der Waals surface area contributed by atoms with E-state index < -0.39 is 0 Å². The quantitative estimate of drug-likeness (QED) is 0.830. The summed E-state index contributed by atoms with van der Waals surface area (Å²) in [5.74, 6) is 0. The standard InChI is InChI=1S/C12H9Cl3N2O/c13-8-3-6(4-9(14)11(8)15)12-10(16)2-1-7(5-18)17-12/h1-4,18H,5,16H2. The maximum Gasteiger partial charge on any atom is 0.0936 e. The minimum absolute atomic E-state index is 0.164. The molecule has 18 heavy (non-hydrogen) atoms. The third-order valence-corrected chi connectivity index (χ3v) is 3.60. The molecule has 0 unspecified atom stereocenters. The van der Waals surface area contributed by atoms with E-state index in [1.54, 1.807) is 24.3 Å². The second-order valence-electron chi connectivity index (χ2n) is 3.65. The maximum absolute atomic E-state index is 9.08. The van der Waals surface area contributed by atoms with Crippen molar-refractivity contribution in [2.24, 2.45) is 0 Å². The summed E-state index contributed by atoms with van der Waals surface area (Å²) in [7, 11) is 0. The molecule has 0 atom stereocenters. The predicted octanol–water partition coefficient (Wildman–Crippen LogP) is 3.78. The monoisotopic (exact) mass is 302 g/mol. The highest BCUT2D eigenvalue weighted by Gasteiger charge is 2.11. The molecule has 0 aliphatic heterocycles. The van der Waals surface area contributed by atoms with Crippen molar-refractivity contribution in [3.8, 4) is 11.3 Å². The van der Waals surface area contributed by atoms with Crippen LogP contribution in [0.2, 0.25) is 15.1 Å². The van der Waals surface area contributed by atoms with Gasteiger partial charge in [-0.05, 0) is 24.3 Å². The Hall–Kier alpha value is -1.000. The molecule has 0 fully saturated rings. The molecule has 0 radical (unpaired) electrons. The van der Waals surface area contributed by atoms with Crippen LogP contribution < -0.4 is 5.73 Å². The molecule has 1 aromatic carbocycles. The van der Waals surface area contributed by atoms with Crippen LogP contribution in [-0.2, 0) is 6.61 Å². The highest BCUT2D eigenvalue weighted by Crippen LogP contribution is 2.36. The van der Waals surface area contributed by atoms with E-state index in [-0.39, 0.29) is 6.61 Å². The Morgan fingerprint density at radius 2 is 1.72 bits per heavy atom. The second-order valence-corrected chi connectivity index (χ2v) is 4.84. The average molecular weight is 304 g/mol. The number of hydrogen-bond acceptors (Lipinski definition) is 3. The van der Waals surface area contributed by atoms with Crippen LogP contribution in [0.4, 0.5) is 5.69 Å². The number of hydrogen-bond donors (Lipinski definition) is 2. The Morgan fingerprint density at radius 1 is 1.11 bits per heavy atom. The lowest BCUT2D eigenvalue weighted by molar-refractivity contribution is 0.277. The second kappa shape index (κ2) is 5.33. The highest BCUT2D eigenvalue weighted by atomic mass is 35.5. The van der Waals surface area contributed by atoms with Crippen molar-refractivity contribution < 1.29 is 5.11 Å². The van der Waals surface area contributed by atoms with Gasteiger partial charge in [0.1, 0.15) is 0 Å². The minimum atomic E-state index is -0.164. The number of aliphatic hydroxyl groups is 1. The summed E-state index contributed by atoms with van der Waals surface area (Å²) >= 11 is 17.8. The number of aromatic nitrogens is 1. The van der Waals surface area contributed by atoms with Crippen LogP contribution >= 0.6 is 34.8 Å². The summed E-state index contributed by atoms with van der Waals surface area (Å²) in [6.45, 7) is -0.164. The Balaban J connectivity index is 2.61. The van der Waals surface area contributed by atoms with E-state index in [9.17, 15) is 0 Å². The van der Waals surface area contributed by atoms with Crippen molar-refractivity contribution >= 4 is 40.5 Å². The van der Waals surface area contributed by atoms with Gasteiger partial charge in [0, 0.05) is 5.56 Å². The van der Waals surface area contributed by atoms with Crippen molar-refractivity contribution in [3.63, 3.8) is 0 Å². The van der Waals surface area contributed by atoms with Gasteiger partial charge in [-0.3, -0.25) is 0 Å². The fourth-order valence-corrected chi connectivity index (χ4v) is 2.12. The molecule has 2 aromatic rings. The molecule has 3 N–H and O–H groups in total. The molecule has 94 valence electrons.